The molecule has 0 unspecified atom stereocenters. The minimum atomic E-state index is -0.486. The van der Waals surface area contributed by atoms with E-state index in [9.17, 15) is 9.18 Å². The normalized spacial score (nSPS) is 14.0. The monoisotopic (exact) mass is 375 g/mol. The fraction of sp³-hybridized carbons (Fsp3) is 0.217. The minimum Gasteiger partial charge on any atom is -0.308 e. The molecule has 1 fully saturated rings. The predicted octanol–water partition coefficient (Wildman–Crippen LogP) is 6.19. The number of rotatable bonds is 4. The molecule has 0 bridgehead atoms. The van der Waals surface area contributed by atoms with Crippen LogP contribution in [-0.2, 0) is 0 Å². The van der Waals surface area contributed by atoms with Crippen molar-refractivity contribution in [2.24, 2.45) is 0 Å². The van der Waals surface area contributed by atoms with Crippen LogP contribution in [0.25, 0.3) is 11.1 Å². The maximum atomic E-state index is 13.6. The Morgan fingerprint density at radius 1 is 0.893 bits per heavy atom. The van der Waals surface area contributed by atoms with Crippen LogP contribution in [0.1, 0.15) is 37.3 Å². The number of para-hydroxylation sites is 1. The van der Waals surface area contributed by atoms with E-state index < -0.39 is 11.8 Å². The highest BCUT2D eigenvalue weighted by molar-refractivity contribution is 5.99. The molecule has 2 aromatic carbocycles. The van der Waals surface area contributed by atoms with Gasteiger partial charge in [0.1, 0.15) is 5.82 Å². The van der Waals surface area contributed by atoms with Crippen molar-refractivity contribution in [3.63, 3.8) is 0 Å². The molecule has 4 nitrogen and oxygen atoms in total. The second kappa shape index (κ2) is 8.21. The molecule has 1 saturated carbocycles. The lowest BCUT2D eigenvalue weighted by molar-refractivity contribution is 0.262. The molecule has 2 N–H and O–H groups in total. The summed E-state index contributed by atoms with van der Waals surface area (Å²) in [7, 11) is 0. The van der Waals surface area contributed by atoms with Gasteiger partial charge in [-0.2, -0.15) is 0 Å². The van der Waals surface area contributed by atoms with Crippen molar-refractivity contribution in [3.8, 4) is 11.1 Å². The average Bonchev–Trinajstić information content (AvgIpc) is 3.25. The van der Waals surface area contributed by atoms with Gasteiger partial charge in [0.15, 0.2) is 0 Å². The summed E-state index contributed by atoms with van der Waals surface area (Å²) in [4.78, 5) is 16.7. The van der Waals surface area contributed by atoms with Crippen molar-refractivity contribution in [1.82, 2.24) is 4.98 Å². The summed E-state index contributed by atoms with van der Waals surface area (Å²) in [6.45, 7) is 0. The third-order valence-electron chi connectivity index (χ3n) is 5.16. The van der Waals surface area contributed by atoms with Crippen molar-refractivity contribution in [3.05, 3.63) is 78.4 Å². The van der Waals surface area contributed by atoms with Crippen LogP contribution >= 0.6 is 0 Å². The molecule has 0 radical (unpaired) electrons. The van der Waals surface area contributed by atoms with Gasteiger partial charge in [-0.3, -0.25) is 4.98 Å². The number of pyridine rings is 1. The van der Waals surface area contributed by atoms with Crippen molar-refractivity contribution >= 4 is 17.4 Å². The molecule has 1 aliphatic carbocycles. The van der Waals surface area contributed by atoms with E-state index in [4.69, 9.17) is 0 Å². The Labute approximate surface area is 163 Å². The van der Waals surface area contributed by atoms with E-state index in [2.05, 4.69) is 27.8 Å². The molecule has 28 heavy (non-hydrogen) atoms. The topological polar surface area (TPSA) is 54.0 Å². The average molecular weight is 375 g/mol. The van der Waals surface area contributed by atoms with E-state index in [1.165, 1.54) is 43.5 Å². The predicted molar refractivity (Wildman–Crippen MR) is 110 cm³/mol. The van der Waals surface area contributed by atoms with Gasteiger partial charge in [0.2, 0.25) is 0 Å². The maximum absolute atomic E-state index is 13.6. The van der Waals surface area contributed by atoms with E-state index in [1.807, 2.05) is 30.5 Å². The molecular formula is C23H22FN3O. The summed E-state index contributed by atoms with van der Waals surface area (Å²) in [6.07, 6.45) is 6.99. The van der Waals surface area contributed by atoms with Crippen LogP contribution in [0.15, 0.2) is 66.9 Å². The number of aromatic nitrogens is 1. The summed E-state index contributed by atoms with van der Waals surface area (Å²) in [5, 5.41) is 5.21. The summed E-state index contributed by atoms with van der Waals surface area (Å²) >= 11 is 0. The second-order valence-corrected chi connectivity index (χ2v) is 7.09. The zero-order valence-electron chi connectivity index (χ0n) is 15.5. The fourth-order valence-corrected chi connectivity index (χ4v) is 3.63. The number of hydrogen-bond acceptors (Lipinski definition) is 2. The van der Waals surface area contributed by atoms with Gasteiger partial charge in [0.25, 0.3) is 0 Å². The first-order chi connectivity index (χ1) is 13.7. The second-order valence-electron chi connectivity index (χ2n) is 7.09. The van der Waals surface area contributed by atoms with Crippen LogP contribution in [0.2, 0.25) is 0 Å². The molecule has 0 spiro atoms. The highest BCUT2D eigenvalue weighted by Crippen LogP contribution is 2.33. The Hall–Kier alpha value is -3.21. The molecule has 1 heterocycles. The molecule has 1 aromatic heterocycles. The first kappa shape index (κ1) is 18.2. The summed E-state index contributed by atoms with van der Waals surface area (Å²) < 4.78 is 13.6. The Balaban J connectivity index is 1.39. The SMILES string of the molecule is O=C(Nc1ccc(-c2ccc(C3CCCC3)nc2)cc1)Nc1ccccc1F. The summed E-state index contributed by atoms with van der Waals surface area (Å²) in [6, 6.07) is 17.3. The molecule has 142 valence electrons. The number of carbonyl (C=O) groups is 1. The zero-order chi connectivity index (χ0) is 19.3. The Morgan fingerprint density at radius 3 is 2.29 bits per heavy atom. The van der Waals surface area contributed by atoms with Crippen molar-refractivity contribution in [2.45, 2.75) is 31.6 Å². The Bertz CT molecular complexity index is 948. The molecule has 5 heteroatoms. The van der Waals surface area contributed by atoms with Gasteiger partial charge >= 0.3 is 6.03 Å². The van der Waals surface area contributed by atoms with Crippen LogP contribution in [0.5, 0.6) is 0 Å². The number of amides is 2. The van der Waals surface area contributed by atoms with Crippen LogP contribution in [0.3, 0.4) is 0 Å². The highest BCUT2D eigenvalue weighted by atomic mass is 19.1. The largest absolute Gasteiger partial charge is 0.323 e. The van der Waals surface area contributed by atoms with Crippen LogP contribution < -0.4 is 10.6 Å². The molecule has 2 amide bonds. The van der Waals surface area contributed by atoms with Gasteiger partial charge in [0, 0.05) is 29.1 Å². The number of urea groups is 1. The summed E-state index contributed by atoms with van der Waals surface area (Å²) in [5.41, 5.74) is 4.04. The van der Waals surface area contributed by atoms with Crippen LogP contribution in [0.4, 0.5) is 20.6 Å². The lowest BCUT2D eigenvalue weighted by Gasteiger charge is -2.10. The standard InChI is InChI=1S/C23H22FN3O/c24-20-7-3-4-8-22(20)27-23(28)26-19-12-9-16(10-13-19)18-11-14-21(25-15-18)17-5-1-2-6-17/h3-4,7-15,17H,1-2,5-6H2,(H2,26,27,28). The quantitative estimate of drug-likeness (QED) is 0.571. The number of benzene rings is 2. The molecular weight excluding hydrogens is 353 g/mol. The van der Waals surface area contributed by atoms with Crippen molar-refractivity contribution in [1.29, 1.82) is 0 Å². The fourth-order valence-electron chi connectivity index (χ4n) is 3.63. The third-order valence-corrected chi connectivity index (χ3v) is 5.16. The first-order valence-corrected chi connectivity index (χ1v) is 9.58. The number of halogens is 1. The van der Waals surface area contributed by atoms with E-state index >= 15 is 0 Å². The Morgan fingerprint density at radius 2 is 1.61 bits per heavy atom. The molecule has 0 atom stereocenters. The van der Waals surface area contributed by atoms with Crippen molar-refractivity contribution < 1.29 is 9.18 Å². The highest BCUT2D eigenvalue weighted by Gasteiger charge is 2.18. The van der Waals surface area contributed by atoms with E-state index in [-0.39, 0.29) is 5.69 Å². The van der Waals surface area contributed by atoms with Crippen molar-refractivity contribution in [2.75, 3.05) is 10.6 Å². The first-order valence-electron chi connectivity index (χ1n) is 9.58. The van der Waals surface area contributed by atoms with E-state index in [1.54, 1.807) is 12.1 Å². The van der Waals surface area contributed by atoms with E-state index in [0.29, 0.717) is 11.6 Å². The third kappa shape index (κ3) is 4.19. The van der Waals surface area contributed by atoms with E-state index in [0.717, 1.165) is 11.1 Å². The molecule has 1 aliphatic rings. The number of hydrogen-bond donors (Lipinski definition) is 2. The van der Waals surface area contributed by atoms with Gasteiger partial charge < -0.3 is 10.6 Å². The number of carbonyl (C=O) groups excluding carboxylic acids is 1. The maximum Gasteiger partial charge on any atom is 0.323 e. The lowest BCUT2D eigenvalue weighted by atomic mass is 10.0. The van der Waals surface area contributed by atoms with Gasteiger partial charge in [-0.15, -0.1) is 0 Å². The smallest absolute Gasteiger partial charge is 0.308 e. The van der Waals surface area contributed by atoms with Gasteiger partial charge in [0.05, 0.1) is 5.69 Å². The van der Waals surface area contributed by atoms with Crippen LogP contribution in [0, 0.1) is 5.82 Å². The minimum absolute atomic E-state index is 0.144. The number of nitrogens with zero attached hydrogens (tertiary/aromatic N) is 1. The molecule has 4 rings (SSSR count). The van der Waals surface area contributed by atoms with Gasteiger partial charge in [-0.25, -0.2) is 9.18 Å². The number of nitrogens with one attached hydrogen (secondary N) is 2. The van der Waals surface area contributed by atoms with Crippen LogP contribution in [-0.4, -0.2) is 11.0 Å². The zero-order valence-corrected chi connectivity index (χ0v) is 15.5. The molecule has 0 aliphatic heterocycles. The molecule has 3 aromatic rings. The molecule has 0 saturated heterocycles. The number of anilines is 2. The lowest BCUT2D eigenvalue weighted by Crippen LogP contribution is -2.20. The Kier molecular flexibility index (Phi) is 5.33. The van der Waals surface area contributed by atoms with Gasteiger partial charge in [-0.05, 0) is 48.7 Å². The summed E-state index contributed by atoms with van der Waals surface area (Å²) in [5.74, 6) is 0.134. The van der Waals surface area contributed by atoms with Gasteiger partial charge in [-0.1, -0.05) is 43.2 Å².